The van der Waals surface area contributed by atoms with Crippen LogP contribution < -0.4 is 5.32 Å². The fourth-order valence-electron chi connectivity index (χ4n) is 2.29. The minimum absolute atomic E-state index is 0.0118. The molecule has 0 aliphatic rings. The first-order valence-corrected chi connectivity index (χ1v) is 9.12. The molecule has 0 aliphatic carbocycles. The maximum absolute atomic E-state index is 12.7. The molecule has 0 aromatic heterocycles. The first-order valence-electron chi connectivity index (χ1n) is 7.89. The summed E-state index contributed by atoms with van der Waals surface area (Å²) in [5.74, 6) is -0.525. The van der Waals surface area contributed by atoms with Crippen LogP contribution in [0.4, 0.5) is 13.2 Å². The van der Waals surface area contributed by atoms with Gasteiger partial charge in [0.25, 0.3) is 0 Å². The fraction of sp³-hybridized carbons (Fsp3) is 0.263. The zero-order chi connectivity index (χ0) is 19.2. The molecular weight excluding hydrogens is 363 g/mol. The van der Waals surface area contributed by atoms with Gasteiger partial charge in [0.1, 0.15) is 0 Å². The lowest BCUT2D eigenvalue weighted by Gasteiger charge is -2.09. The highest BCUT2D eigenvalue weighted by Crippen LogP contribution is 2.29. The second-order valence-corrected chi connectivity index (χ2v) is 6.51. The van der Waals surface area contributed by atoms with Crippen molar-refractivity contribution in [2.75, 3.05) is 6.26 Å². The smallest absolute Gasteiger partial charge is 0.352 e. The number of Topliss-reactive ketones (excluding diaryl/α,β-unsaturated/α-hetero) is 1. The fourth-order valence-corrected chi connectivity index (χ4v) is 2.70. The van der Waals surface area contributed by atoms with E-state index in [4.69, 9.17) is 0 Å². The molecule has 138 valence electrons. The molecule has 1 N–H and O–H groups in total. The number of alkyl halides is 3. The number of thioether (sulfide) groups is 1. The third kappa shape index (κ3) is 5.91. The van der Waals surface area contributed by atoms with Crippen molar-refractivity contribution in [2.45, 2.75) is 30.5 Å². The number of hydrogen-bond acceptors (Lipinski definition) is 3. The summed E-state index contributed by atoms with van der Waals surface area (Å²) >= 11 is 1.57. The van der Waals surface area contributed by atoms with E-state index in [1.165, 1.54) is 12.1 Å². The zero-order valence-corrected chi connectivity index (χ0v) is 14.9. The molecule has 0 spiro atoms. The van der Waals surface area contributed by atoms with Crippen molar-refractivity contribution in [3.63, 3.8) is 0 Å². The molecule has 0 saturated heterocycles. The highest BCUT2D eigenvalue weighted by molar-refractivity contribution is 7.98. The van der Waals surface area contributed by atoms with E-state index < -0.39 is 11.7 Å². The van der Waals surface area contributed by atoms with Gasteiger partial charge in [-0.05, 0) is 36.1 Å². The van der Waals surface area contributed by atoms with Gasteiger partial charge in [0, 0.05) is 29.8 Å². The van der Waals surface area contributed by atoms with Gasteiger partial charge in [0.15, 0.2) is 5.78 Å². The lowest BCUT2D eigenvalue weighted by Crippen LogP contribution is -2.23. The predicted octanol–water partition coefficient (Wildman–Crippen LogP) is 4.71. The van der Waals surface area contributed by atoms with Crippen LogP contribution in [0.3, 0.4) is 0 Å². The number of benzene rings is 2. The Morgan fingerprint density at radius 2 is 1.73 bits per heavy atom. The first-order chi connectivity index (χ1) is 12.3. The van der Waals surface area contributed by atoms with Crippen LogP contribution in [0.5, 0.6) is 0 Å². The molecule has 7 heteroatoms. The highest BCUT2D eigenvalue weighted by Gasteiger charge is 2.30. The van der Waals surface area contributed by atoms with Crippen LogP contribution in [0.15, 0.2) is 53.4 Å². The number of amides is 1. The SMILES string of the molecule is CSc1ccc(C(=O)CCC(=O)NCc2cccc(C(F)(F)F)c2)cc1. The average molecular weight is 381 g/mol. The Kier molecular flexibility index (Phi) is 6.85. The van der Waals surface area contributed by atoms with Crippen molar-refractivity contribution in [3.8, 4) is 0 Å². The normalized spacial score (nSPS) is 11.2. The Hall–Kier alpha value is -2.28. The molecule has 0 unspecified atom stereocenters. The lowest BCUT2D eigenvalue weighted by molar-refractivity contribution is -0.137. The summed E-state index contributed by atoms with van der Waals surface area (Å²) in [6, 6.07) is 11.9. The van der Waals surface area contributed by atoms with Crippen molar-refractivity contribution in [1.82, 2.24) is 5.32 Å². The van der Waals surface area contributed by atoms with Crippen LogP contribution in [-0.2, 0) is 17.5 Å². The summed E-state index contributed by atoms with van der Waals surface area (Å²) in [5.41, 5.74) is 0.133. The summed E-state index contributed by atoms with van der Waals surface area (Å²) in [7, 11) is 0. The Morgan fingerprint density at radius 3 is 2.35 bits per heavy atom. The number of nitrogens with one attached hydrogen (secondary N) is 1. The van der Waals surface area contributed by atoms with Crippen molar-refractivity contribution in [3.05, 3.63) is 65.2 Å². The van der Waals surface area contributed by atoms with Gasteiger partial charge in [0.05, 0.1) is 5.56 Å². The molecule has 2 aromatic rings. The zero-order valence-electron chi connectivity index (χ0n) is 14.1. The summed E-state index contributed by atoms with van der Waals surface area (Å²) in [6.45, 7) is -0.0145. The first kappa shape index (κ1) is 20.0. The van der Waals surface area contributed by atoms with E-state index in [1.807, 2.05) is 18.4 Å². The molecule has 26 heavy (non-hydrogen) atoms. The number of carbonyl (C=O) groups is 2. The standard InChI is InChI=1S/C19H18F3NO2S/c1-26-16-7-5-14(6-8-16)17(24)9-10-18(25)23-12-13-3-2-4-15(11-13)19(20,21)22/h2-8,11H,9-10,12H2,1H3,(H,23,25). The number of carbonyl (C=O) groups excluding carboxylic acids is 2. The minimum atomic E-state index is -4.42. The van der Waals surface area contributed by atoms with E-state index in [1.54, 1.807) is 23.9 Å². The topological polar surface area (TPSA) is 46.2 Å². The van der Waals surface area contributed by atoms with Crippen molar-refractivity contribution < 1.29 is 22.8 Å². The molecule has 2 rings (SSSR count). The van der Waals surface area contributed by atoms with Crippen LogP contribution in [-0.4, -0.2) is 17.9 Å². The van der Waals surface area contributed by atoms with Gasteiger partial charge in [-0.1, -0.05) is 24.3 Å². The highest BCUT2D eigenvalue weighted by atomic mass is 32.2. The average Bonchev–Trinajstić information content (AvgIpc) is 2.64. The molecule has 3 nitrogen and oxygen atoms in total. The Morgan fingerprint density at radius 1 is 1.04 bits per heavy atom. The summed E-state index contributed by atoms with van der Waals surface area (Å²) < 4.78 is 38.0. The second-order valence-electron chi connectivity index (χ2n) is 5.63. The monoisotopic (exact) mass is 381 g/mol. The number of hydrogen-bond donors (Lipinski definition) is 1. The summed E-state index contributed by atoms with van der Waals surface area (Å²) in [5, 5.41) is 2.54. The number of rotatable bonds is 7. The molecule has 0 bridgehead atoms. The predicted molar refractivity (Wildman–Crippen MR) is 95.1 cm³/mol. The molecule has 0 aliphatic heterocycles. The number of halogens is 3. The van der Waals surface area contributed by atoms with Gasteiger partial charge in [-0.3, -0.25) is 9.59 Å². The maximum Gasteiger partial charge on any atom is 0.416 e. The van der Waals surface area contributed by atoms with E-state index in [9.17, 15) is 22.8 Å². The molecule has 0 atom stereocenters. The molecule has 1 amide bonds. The van der Waals surface area contributed by atoms with Gasteiger partial charge in [-0.25, -0.2) is 0 Å². The molecule has 0 fully saturated rings. The van der Waals surface area contributed by atoms with Crippen molar-refractivity contribution >= 4 is 23.5 Å². The van der Waals surface area contributed by atoms with E-state index in [0.717, 1.165) is 17.0 Å². The largest absolute Gasteiger partial charge is 0.416 e. The van der Waals surface area contributed by atoms with E-state index in [2.05, 4.69) is 5.32 Å². The van der Waals surface area contributed by atoms with Crippen molar-refractivity contribution in [1.29, 1.82) is 0 Å². The maximum atomic E-state index is 12.7. The Bertz CT molecular complexity index is 773. The molecule has 0 saturated carbocycles. The molecule has 0 heterocycles. The molecule has 0 radical (unpaired) electrons. The van der Waals surface area contributed by atoms with Crippen LogP contribution in [0.25, 0.3) is 0 Å². The van der Waals surface area contributed by atoms with E-state index >= 15 is 0 Å². The van der Waals surface area contributed by atoms with E-state index in [-0.39, 0.29) is 31.1 Å². The third-order valence-corrected chi connectivity index (χ3v) is 4.48. The lowest BCUT2D eigenvalue weighted by atomic mass is 10.1. The van der Waals surface area contributed by atoms with Gasteiger partial charge in [-0.15, -0.1) is 11.8 Å². The molecule has 2 aromatic carbocycles. The van der Waals surface area contributed by atoms with Crippen LogP contribution in [0.2, 0.25) is 0 Å². The minimum Gasteiger partial charge on any atom is -0.352 e. The molecular formula is C19H18F3NO2S. The summed E-state index contributed by atoms with van der Waals surface area (Å²) in [4.78, 5) is 25.0. The number of ketones is 1. The van der Waals surface area contributed by atoms with Gasteiger partial charge >= 0.3 is 6.18 Å². The van der Waals surface area contributed by atoms with E-state index in [0.29, 0.717) is 11.1 Å². The van der Waals surface area contributed by atoms with Crippen LogP contribution in [0, 0.1) is 0 Å². The van der Waals surface area contributed by atoms with Crippen LogP contribution in [0.1, 0.15) is 34.3 Å². The Labute approximate surface area is 154 Å². The summed E-state index contributed by atoms with van der Waals surface area (Å²) in [6.07, 6.45) is -2.45. The Balaban J connectivity index is 1.82. The second kappa shape index (κ2) is 8.89. The van der Waals surface area contributed by atoms with Gasteiger partial charge in [-0.2, -0.15) is 13.2 Å². The van der Waals surface area contributed by atoms with Gasteiger partial charge in [0.2, 0.25) is 5.91 Å². The van der Waals surface area contributed by atoms with Crippen LogP contribution >= 0.6 is 11.8 Å². The third-order valence-electron chi connectivity index (χ3n) is 3.74. The quantitative estimate of drug-likeness (QED) is 0.558. The van der Waals surface area contributed by atoms with Gasteiger partial charge < -0.3 is 5.32 Å². The van der Waals surface area contributed by atoms with Crippen molar-refractivity contribution in [2.24, 2.45) is 0 Å².